The van der Waals surface area contributed by atoms with E-state index in [9.17, 15) is 4.79 Å². The molecule has 0 aliphatic carbocycles. The van der Waals surface area contributed by atoms with Crippen molar-refractivity contribution in [2.24, 2.45) is 0 Å². The van der Waals surface area contributed by atoms with Crippen molar-refractivity contribution in [2.75, 3.05) is 6.61 Å². The van der Waals surface area contributed by atoms with E-state index in [1.165, 1.54) is 10.8 Å². The third-order valence-corrected chi connectivity index (χ3v) is 3.53. The van der Waals surface area contributed by atoms with Gasteiger partial charge in [0.15, 0.2) is 0 Å². The fourth-order valence-electron chi connectivity index (χ4n) is 2.58. The molecular formula is C20H16O2. The summed E-state index contributed by atoms with van der Waals surface area (Å²) in [6.07, 6.45) is 0.120. The van der Waals surface area contributed by atoms with Gasteiger partial charge in [0.1, 0.15) is 6.42 Å². The smallest absolute Gasteiger partial charge is 0.317 e. The molecule has 0 aromatic heterocycles. The Kier molecular flexibility index (Phi) is 4.07. The number of esters is 1. The highest BCUT2D eigenvalue weighted by Crippen LogP contribution is 2.28. The van der Waals surface area contributed by atoms with Crippen LogP contribution in [0.4, 0.5) is 0 Å². The largest absolute Gasteiger partial charge is 0.465 e. The maximum Gasteiger partial charge on any atom is 0.317 e. The van der Waals surface area contributed by atoms with Gasteiger partial charge in [-0.3, -0.25) is 4.79 Å². The van der Waals surface area contributed by atoms with Gasteiger partial charge in [-0.2, -0.15) is 0 Å². The van der Waals surface area contributed by atoms with Crippen LogP contribution in [-0.2, 0) is 9.53 Å². The van der Waals surface area contributed by atoms with Crippen LogP contribution in [0.1, 0.15) is 18.9 Å². The Hall–Kier alpha value is -2.79. The molecule has 0 aliphatic rings. The van der Waals surface area contributed by atoms with Crippen LogP contribution < -0.4 is 0 Å². The SMILES string of the molecule is CCOC(=O)CC#Cc1cc2ccccc2c2ccccc12. The minimum atomic E-state index is -0.278. The molecule has 0 saturated carbocycles. The fourth-order valence-corrected chi connectivity index (χ4v) is 2.58. The zero-order valence-corrected chi connectivity index (χ0v) is 12.4. The number of ether oxygens (including phenoxy) is 1. The summed E-state index contributed by atoms with van der Waals surface area (Å²) >= 11 is 0. The molecule has 0 bridgehead atoms. The molecule has 0 spiro atoms. The van der Waals surface area contributed by atoms with Crippen LogP contribution in [0, 0.1) is 11.8 Å². The highest BCUT2D eigenvalue weighted by molar-refractivity contribution is 6.09. The lowest BCUT2D eigenvalue weighted by Gasteiger charge is -2.06. The number of benzene rings is 3. The van der Waals surface area contributed by atoms with Crippen molar-refractivity contribution in [1.29, 1.82) is 0 Å². The van der Waals surface area contributed by atoms with E-state index in [1.807, 2.05) is 24.3 Å². The second-order valence-electron chi connectivity index (χ2n) is 4.97. The number of rotatable bonds is 2. The number of carbonyl (C=O) groups excluding carboxylic acids is 1. The molecule has 3 rings (SSSR count). The second kappa shape index (κ2) is 6.32. The normalized spacial score (nSPS) is 10.2. The average molecular weight is 288 g/mol. The molecule has 3 aromatic carbocycles. The molecule has 0 radical (unpaired) electrons. The lowest BCUT2D eigenvalue weighted by Crippen LogP contribution is -2.01. The number of carbonyl (C=O) groups is 1. The van der Waals surface area contributed by atoms with Crippen LogP contribution in [-0.4, -0.2) is 12.6 Å². The third kappa shape index (κ3) is 2.80. The van der Waals surface area contributed by atoms with Crippen molar-refractivity contribution in [2.45, 2.75) is 13.3 Å². The maximum absolute atomic E-state index is 11.4. The molecule has 0 N–H and O–H groups in total. The highest BCUT2D eigenvalue weighted by Gasteiger charge is 2.04. The van der Waals surface area contributed by atoms with E-state index in [0.29, 0.717) is 6.61 Å². The van der Waals surface area contributed by atoms with Gasteiger partial charge in [-0.15, -0.1) is 0 Å². The van der Waals surface area contributed by atoms with E-state index in [2.05, 4.69) is 42.2 Å². The quantitative estimate of drug-likeness (QED) is 0.399. The zero-order chi connectivity index (χ0) is 15.4. The monoisotopic (exact) mass is 288 g/mol. The first-order valence-electron chi connectivity index (χ1n) is 7.34. The van der Waals surface area contributed by atoms with E-state index < -0.39 is 0 Å². The van der Waals surface area contributed by atoms with Gasteiger partial charge in [-0.1, -0.05) is 60.4 Å². The molecule has 0 saturated heterocycles. The predicted molar refractivity (Wildman–Crippen MR) is 89.6 cm³/mol. The molecule has 108 valence electrons. The maximum atomic E-state index is 11.4. The summed E-state index contributed by atoms with van der Waals surface area (Å²) in [4.78, 5) is 11.4. The van der Waals surface area contributed by atoms with Crippen LogP contribution in [0.2, 0.25) is 0 Å². The summed E-state index contributed by atoms with van der Waals surface area (Å²) in [5.41, 5.74) is 0.943. The molecule has 0 aliphatic heterocycles. The molecule has 0 fully saturated rings. The Morgan fingerprint density at radius 2 is 1.68 bits per heavy atom. The fraction of sp³-hybridized carbons (Fsp3) is 0.150. The van der Waals surface area contributed by atoms with Crippen molar-refractivity contribution in [3.05, 3.63) is 60.2 Å². The Morgan fingerprint density at radius 3 is 2.45 bits per heavy atom. The van der Waals surface area contributed by atoms with Crippen LogP contribution in [0.15, 0.2) is 54.6 Å². The summed E-state index contributed by atoms with van der Waals surface area (Å²) in [5, 5.41) is 4.66. The summed E-state index contributed by atoms with van der Waals surface area (Å²) in [7, 11) is 0. The first-order chi connectivity index (χ1) is 10.8. The summed E-state index contributed by atoms with van der Waals surface area (Å²) in [5.74, 6) is 5.76. The minimum absolute atomic E-state index is 0.120. The van der Waals surface area contributed by atoms with Crippen molar-refractivity contribution >= 4 is 27.5 Å². The number of hydrogen-bond acceptors (Lipinski definition) is 2. The van der Waals surface area contributed by atoms with Gasteiger partial charge in [0.2, 0.25) is 0 Å². The van der Waals surface area contributed by atoms with E-state index in [0.717, 1.165) is 16.3 Å². The predicted octanol–water partition coefficient (Wildman–Crippen LogP) is 4.30. The van der Waals surface area contributed by atoms with Gasteiger partial charge in [-0.05, 0) is 34.5 Å². The second-order valence-corrected chi connectivity index (χ2v) is 4.97. The lowest BCUT2D eigenvalue weighted by molar-refractivity contribution is -0.141. The highest BCUT2D eigenvalue weighted by atomic mass is 16.5. The third-order valence-electron chi connectivity index (χ3n) is 3.53. The van der Waals surface area contributed by atoms with Crippen molar-refractivity contribution in [3.63, 3.8) is 0 Å². The molecule has 0 heterocycles. The Bertz CT molecular complexity index is 898. The lowest BCUT2D eigenvalue weighted by atomic mass is 9.97. The summed E-state index contributed by atoms with van der Waals surface area (Å²) in [6, 6.07) is 18.6. The Labute approximate surface area is 129 Å². The van der Waals surface area contributed by atoms with Gasteiger partial charge in [-0.25, -0.2) is 0 Å². The first-order valence-corrected chi connectivity index (χ1v) is 7.34. The van der Waals surface area contributed by atoms with E-state index >= 15 is 0 Å². The van der Waals surface area contributed by atoms with Gasteiger partial charge in [0.25, 0.3) is 0 Å². The van der Waals surface area contributed by atoms with Gasteiger partial charge in [0.05, 0.1) is 6.61 Å². The van der Waals surface area contributed by atoms with E-state index in [4.69, 9.17) is 4.74 Å². The van der Waals surface area contributed by atoms with Crippen LogP contribution >= 0.6 is 0 Å². The van der Waals surface area contributed by atoms with Crippen LogP contribution in [0.5, 0.6) is 0 Å². The molecule has 22 heavy (non-hydrogen) atoms. The molecule has 3 aromatic rings. The van der Waals surface area contributed by atoms with Crippen LogP contribution in [0.25, 0.3) is 21.5 Å². The van der Waals surface area contributed by atoms with Gasteiger partial charge < -0.3 is 4.74 Å². The van der Waals surface area contributed by atoms with Gasteiger partial charge in [0, 0.05) is 5.56 Å². The first kappa shape index (κ1) is 14.2. The van der Waals surface area contributed by atoms with Crippen LogP contribution in [0.3, 0.4) is 0 Å². The van der Waals surface area contributed by atoms with Crippen molar-refractivity contribution < 1.29 is 9.53 Å². The molecule has 0 atom stereocenters. The molecular weight excluding hydrogens is 272 g/mol. The van der Waals surface area contributed by atoms with Gasteiger partial charge >= 0.3 is 5.97 Å². The minimum Gasteiger partial charge on any atom is -0.465 e. The molecule has 2 nitrogen and oxygen atoms in total. The molecule has 0 amide bonds. The molecule has 2 heteroatoms. The Morgan fingerprint density at radius 1 is 1.00 bits per heavy atom. The average Bonchev–Trinajstić information content (AvgIpc) is 2.55. The summed E-state index contributed by atoms with van der Waals surface area (Å²) < 4.78 is 4.90. The standard InChI is InChI=1S/C20H16O2/c1-2-22-20(21)13-7-9-16-14-15-8-3-4-10-17(15)19-12-6-5-11-18(16)19/h3-6,8,10-12,14H,2,13H2,1H3. The zero-order valence-electron chi connectivity index (χ0n) is 12.4. The number of fused-ring (bicyclic) bond motifs is 3. The van der Waals surface area contributed by atoms with E-state index in [1.54, 1.807) is 6.92 Å². The number of hydrogen-bond donors (Lipinski definition) is 0. The van der Waals surface area contributed by atoms with Crippen molar-refractivity contribution in [3.8, 4) is 11.8 Å². The van der Waals surface area contributed by atoms with E-state index in [-0.39, 0.29) is 12.4 Å². The topological polar surface area (TPSA) is 26.3 Å². The Balaban J connectivity index is 2.08. The van der Waals surface area contributed by atoms with Crippen molar-refractivity contribution in [1.82, 2.24) is 0 Å². The summed E-state index contributed by atoms with van der Waals surface area (Å²) in [6.45, 7) is 2.18. The molecule has 0 unspecified atom stereocenters.